The first-order valence-electron chi connectivity index (χ1n) is 8.16. The number of thioether (sulfide) groups is 1. The molecule has 0 radical (unpaired) electrons. The van der Waals surface area contributed by atoms with Crippen LogP contribution in [-0.4, -0.2) is 52.4 Å². The maximum absolute atomic E-state index is 13.0. The summed E-state index contributed by atoms with van der Waals surface area (Å²) in [5, 5.41) is 8.63. The zero-order valence-electron chi connectivity index (χ0n) is 13.8. The number of ether oxygens (including phenoxy) is 1. The molecule has 0 bridgehead atoms. The summed E-state index contributed by atoms with van der Waals surface area (Å²) in [6, 6.07) is 9.90. The summed E-state index contributed by atoms with van der Waals surface area (Å²) in [5.41, 5.74) is 1.00. The second kappa shape index (κ2) is 8.30. The number of carbonyl (C=O) groups is 1. The lowest BCUT2D eigenvalue weighted by molar-refractivity contribution is -0.129. The molecule has 1 unspecified atom stereocenters. The van der Waals surface area contributed by atoms with Crippen LogP contribution >= 0.6 is 11.8 Å². The number of aromatic nitrogens is 3. The molecule has 3 rings (SSSR count). The first-order valence-corrected chi connectivity index (χ1v) is 9.04. The molecule has 24 heavy (non-hydrogen) atoms. The largest absolute Gasteiger partial charge is 0.383 e. The van der Waals surface area contributed by atoms with E-state index in [9.17, 15) is 4.79 Å². The van der Waals surface area contributed by atoms with Crippen molar-refractivity contribution in [1.82, 2.24) is 19.7 Å². The Bertz CT molecular complexity index is 656. The molecule has 0 N–H and O–H groups in total. The van der Waals surface area contributed by atoms with Crippen LogP contribution in [0, 0.1) is 0 Å². The first kappa shape index (κ1) is 17.0. The Kier molecular flexibility index (Phi) is 5.87. The van der Waals surface area contributed by atoms with Gasteiger partial charge in [0.25, 0.3) is 0 Å². The Morgan fingerprint density at radius 2 is 2.04 bits per heavy atom. The highest BCUT2D eigenvalue weighted by Gasteiger charge is 2.30. The van der Waals surface area contributed by atoms with Crippen LogP contribution in [0.1, 0.15) is 23.7 Å². The van der Waals surface area contributed by atoms with E-state index in [0.29, 0.717) is 13.2 Å². The first-order chi connectivity index (χ1) is 11.8. The van der Waals surface area contributed by atoms with Crippen LogP contribution in [0.25, 0.3) is 0 Å². The van der Waals surface area contributed by atoms with Gasteiger partial charge in [0, 0.05) is 26.7 Å². The van der Waals surface area contributed by atoms with Crippen LogP contribution in [0.4, 0.5) is 0 Å². The van der Waals surface area contributed by atoms with E-state index in [0.717, 1.165) is 36.7 Å². The Morgan fingerprint density at radius 1 is 1.29 bits per heavy atom. The third-order valence-corrected chi connectivity index (χ3v) is 5.32. The van der Waals surface area contributed by atoms with Gasteiger partial charge in [0.15, 0.2) is 5.16 Å². The minimum absolute atomic E-state index is 0.157. The predicted octanol–water partition coefficient (Wildman–Crippen LogP) is 2.38. The van der Waals surface area contributed by atoms with Crippen LogP contribution in [0.15, 0.2) is 41.8 Å². The molecule has 1 atom stereocenters. The molecule has 2 aromatic rings. The van der Waals surface area contributed by atoms with E-state index < -0.39 is 0 Å². The van der Waals surface area contributed by atoms with Gasteiger partial charge in [0.1, 0.15) is 11.6 Å². The highest BCUT2D eigenvalue weighted by Crippen LogP contribution is 2.36. The lowest BCUT2D eigenvalue weighted by Gasteiger charge is -2.23. The van der Waals surface area contributed by atoms with Gasteiger partial charge in [-0.25, -0.2) is 0 Å². The number of benzene rings is 1. The van der Waals surface area contributed by atoms with Crippen LogP contribution in [0.5, 0.6) is 0 Å². The molecule has 1 aliphatic heterocycles. The molecular formula is C17H22N4O2S. The van der Waals surface area contributed by atoms with E-state index in [2.05, 4.69) is 10.2 Å². The standard InChI is InChI=1S/C17H22N4O2S/c1-23-12-11-21-13-18-19-17(21)24-15(14-7-3-2-4-8-14)16(22)20-9-5-6-10-20/h2-4,7-8,13,15H,5-6,9-12H2,1H3. The Labute approximate surface area is 146 Å². The summed E-state index contributed by atoms with van der Waals surface area (Å²) in [6.07, 6.45) is 3.85. The summed E-state index contributed by atoms with van der Waals surface area (Å²) in [7, 11) is 1.67. The van der Waals surface area contributed by atoms with E-state index >= 15 is 0 Å². The van der Waals surface area contributed by atoms with Crippen molar-refractivity contribution in [1.29, 1.82) is 0 Å². The van der Waals surface area contributed by atoms with Crippen LogP contribution in [-0.2, 0) is 16.1 Å². The van der Waals surface area contributed by atoms with Gasteiger partial charge < -0.3 is 14.2 Å². The van der Waals surface area contributed by atoms with Crippen LogP contribution < -0.4 is 0 Å². The summed E-state index contributed by atoms with van der Waals surface area (Å²) in [4.78, 5) is 15.0. The smallest absolute Gasteiger partial charge is 0.240 e. The van der Waals surface area contributed by atoms with Gasteiger partial charge in [-0.2, -0.15) is 0 Å². The average Bonchev–Trinajstić information content (AvgIpc) is 3.30. The molecule has 2 heterocycles. The Balaban J connectivity index is 1.82. The third kappa shape index (κ3) is 3.96. The van der Waals surface area contributed by atoms with Crippen LogP contribution in [0.2, 0.25) is 0 Å². The van der Waals surface area contributed by atoms with Gasteiger partial charge in [-0.05, 0) is 18.4 Å². The number of likely N-dealkylation sites (tertiary alicyclic amines) is 1. The summed E-state index contributed by atoms with van der Waals surface area (Å²) in [5.74, 6) is 0.157. The minimum atomic E-state index is -0.296. The van der Waals surface area contributed by atoms with Gasteiger partial charge >= 0.3 is 0 Å². The number of rotatable bonds is 7. The highest BCUT2D eigenvalue weighted by molar-refractivity contribution is 8.00. The summed E-state index contributed by atoms with van der Waals surface area (Å²) < 4.78 is 7.06. The van der Waals surface area contributed by atoms with E-state index in [1.165, 1.54) is 11.8 Å². The SMILES string of the molecule is COCCn1cnnc1SC(C(=O)N1CCCC1)c1ccccc1. The summed E-state index contributed by atoms with van der Waals surface area (Å²) >= 11 is 1.46. The number of amides is 1. The van der Waals surface area contributed by atoms with Crippen molar-refractivity contribution in [2.75, 3.05) is 26.8 Å². The van der Waals surface area contributed by atoms with E-state index in [-0.39, 0.29) is 11.2 Å². The fourth-order valence-electron chi connectivity index (χ4n) is 2.78. The lowest BCUT2D eigenvalue weighted by Crippen LogP contribution is -2.31. The quantitative estimate of drug-likeness (QED) is 0.721. The van der Waals surface area contributed by atoms with Crippen molar-refractivity contribution >= 4 is 17.7 Å². The maximum Gasteiger partial charge on any atom is 0.240 e. The Morgan fingerprint density at radius 3 is 2.75 bits per heavy atom. The zero-order chi connectivity index (χ0) is 16.8. The molecule has 7 heteroatoms. The van der Waals surface area contributed by atoms with Gasteiger partial charge in [0.2, 0.25) is 5.91 Å². The predicted molar refractivity (Wildman–Crippen MR) is 92.8 cm³/mol. The monoisotopic (exact) mass is 346 g/mol. The zero-order valence-corrected chi connectivity index (χ0v) is 14.6. The maximum atomic E-state index is 13.0. The number of hydrogen-bond donors (Lipinski definition) is 0. The third-order valence-electron chi connectivity index (χ3n) is 4.08. The Hall–Kier alpha value is -1.86. The minimum Gasteiger partial charge on any atom is -0.383 e. The molecule has 1 aliphatic rings. The molecule has 1 amide bonds. The van der Waals surface area contributed by atoms with Crippen molar-refractivity contribution < 1.29 is 9.53 Å². The fraction of sp³-hybridized carbons (Fsp3) is 0.471. The van der Waals surface area contributed by atoms with E-state index in [1.807, 2.05) is 39.8 Å². The van der Waals surface area contributed by atoms with Crippen molar-refractivity contribution in [3.05, 3.63) is 42.2 Å². The molecular weight excluding hydrogens is 324 g/mol. The van der Waals surface area contributed by atoms with E-state index in [4.69, 9.17) is 4.74 Å². The van der Waals surface area contributed by atoms with Crippen molar-refractivity contribution in [2.45, 2.75) is 29.8 Å². The lowest BCUT2D eigenvalue weighted by atomic mass is 10.1. The van der Waals surface area contributed by atoms with Gasteiger partial charge in [-0.1, -0.05) is 42.1 Å². The number of carbonyl (C=O) groups excluding carboxylic acids is 1. The second-order valence-corrected chi connectivity index (χ2v) is 6.81. The molecule has 1 fully saturated rings. The fourth-order valence-corrected chi connectivity index (χ4v) is 3.90. The molecule has 1 saturated heterocycles. The molecule has 0 aliphatic carbocycles. The highest BCUT2D eigenvalue weighted by atomic mass is 32.2. The van der Waals surface area contributed by atoms with Crippen LogP contribution in [0.3, 0.4) is 0 Å². The normalized spacial score (nSPS) is 15.6. The molecule has 1 aromatic carbocycles. The number of methoxy groups -OCH3 is 1. The molecule has 0 saturated carbocycles. The average molecular weight is 346 g/mol. The molecule has 0 spiro atoms. The molecule has 6 nitrogen and oxygen atoms in total. The summed E-state index contributed by atoms with van der Waals surface area (Å²) in [6.45, 7) is 2.95. The molecule has 128 valence electrons. The van der Waals surface area contributed by atoms with Crippen molar-refractivity contribution in [3.8, 4) is 0 Å². The van der Waals surface area contributed by atoms with Gasteiger partial charge in [-0.3, -0.25) is 4.79 Å². The van der Waals surface area contributed by atoms with Gasteiger partial charge in [0.05, 0.1) is 6.61 Å². The number of nitrogens with zero attached hydrogens (tertiary/aromatic N) is 4. The van der Waals surface area contributed by atoms with E-state index in [1.54, 1.807) is 13.4 Å². The second-order valence-electron chi connectivity index (χ2n) is 5.74. The van der Waals surface area contributed by atoms with Crippen molar-refractivity contribution in [2.24, 2.45) is 0 Å². The van der Waals surface area contributed by atoms with Gasteiger partial charge in [-0.15, -0.1) is 10.2 Å². The van der Waals surface area contributed by atoms with Crippen molar-refractivity contribution in [3.63, 3.8) is 0 Å². The number of hydrogen-bond acceptors (Lipinski definition) is 5. The molecule has 1 aromatic heterocycles. The topological polar surface area (TPSA) is 60.2 Å².